The van der Waals surface area contributed by atoms with Crippen molar-refractivity contribution in [1.82, 2.24) is 5.06 Å². The highest BCUT2D eigenvalue weighted by Gasteiger charge is 2.42. The van der Waals surface area contributed by atoms with Crippen molar-refractivity contribution < 1.29 is 22.8 Å². The minimum Gasteiger partial charge on any atom is -0.361 e. The van der Waals surface area contributed by atoms with Crippen LogP contribution in [0.15, 0.2) is 0 Å². The number of hydrogen-bond acceptors (Lipinski definition) is 4. The Balaban J connectivity index is 2.40. The van der Waals surface area contributed by atoms with Crippen LogP contribution in [0.4, 0.5) is 13.2 Å². The van der Waals surface area contributed by atoms with Crippen molar-refractivity contribution in [2.45, 2.75) is 25.1 Å². The van der Waals surface area contributed by atoms with Crippen LogP contribution in [0.3, 0.4) is 0 Å². The van der Waals surface area contributed by atoms with Crippen LogP contribution in [0.25, 0.3) is 0 Å². The van der Waals surface area contributed by atoms with E-state index in [9.17, 15) is 18.0 Å². The maximum absolute atomic E-state index is 11.8. The molecule has 0 radical (unpaired) electrons. The molecule has 0 aromatic carbocycles. The van der Waals surface area contributed by atoms with Crippen LogP contribution in [0.5, 0.6) is 0 Å². The van der Waals surface area contributed by atoms with Crippen molar-refractivity contribution in [3.05, 3.63) is 0 Å². The quantitative estimate of drug-likeness (QED) is 0.684. The summed E-state index contributed by atoms with van der Waals surface area (Å²) in [5.41, 5.74) is 5.50. The minimum atomic E-state index is -4.94. The van der Waals surface area contributed by atoms with E-state index in [1.54, 1.807) is 0 Å². The van der Waals surface area contributed by atoms with Crippen LogP contribution >= 0.6 is 0 Å². The van der Waals surface area contributed by atoms with Gasteiger partial charge in [-0.25, -0.2) is 4.79 Å². The highest BCUT2D eigenvalue weighted by molar-refractivity contribution is 5.75. The molecule has 1 saturated heterocycles. The SMILES string of the molecule is NC1CCCN(OC(=O)C(F)(F)F)C1. The number of nitrogens with zero attached hydrogens (tertiary/aromatic N) is 1. The van der Waals surface area contributed by atoms with Gasteiger partial charge in [-0.05, 0) is 12.8 Å². The fourth-order valence-corrected chi connectivity index (χ4v) is 1.23. The number of nitrogens with two attached hydrogens (primary N) is 1. The molecule has 1 rings (SSSR count). The summed E-state index contributed by atoms with van der Waals surface area (Å²) in [6, 6.07) is -0.232. The average molecular weight is 212 g/mol. The Morgan fingerprint density at radius 2 is 2.14 bits per heavy atom. The molecular weight excluding hydrogens is 201 g/mol. The van der Waals surface area contributed by atoms with Gasteiger partial charge in [-0.1, -0.05) is 0 Å². The summed E-state index contributed by atoms with van der Waals surface area (Å²) < 4.78 is 35.3. The topological polar surface area (TPSA) is 55.6 Å². The van der Waals surface area contributed by atoms with Gasteiger partial charge >= 0.3 is 12.1 Å². The Hall–Kier alpha value is -0.820. The number of halogens is 3. The van der Waals surface area contributed by atoms with Crippen molar-refractivity contribution in [2.24, 2.45) is 5.73 Å². The van der Waals surface area contributed by atoms with Gasteiger partial charge in [0.05, 0.1) is 6.54 Å². The highest BCUT2D eigenvalue weighted by Crippen LogP contribution is 2.18. The third-order valence-electron chi connectivity index (χ3n) is 1.86. The van der Waals surface area contributed by atoms with E-state index in [1.807, 2.05) is 0 Å². The Morgan fingerprint density at radius 3 is 2.64 bits per heavy atom. The first kappa shape index (κ1) is 11.3. The van der Waals surface area contributed by atoms with Crippen LogP contribution in [0.2, 0.25) is 0 Å². The van der Waals surface area contributed by atoms with Gasteiger partial charge in [0, 0.05) is 12.6 Å². The van der Waals surface area contributed by atoms with E-state index in [-0.39, 0.29) is 12.6 Å². The van der Waals surface area contributed by atoms with E-state index in [4.69, 9.17) is 5.73 Å². The molecule has 0 bridgehead atoms. The molecule has 7 heteroatoms. The number of rotatable bonds is 1. The molecule has 1 fully saturated rings. The number of hydroxylamine groups is 2. The third kappa shape index (κ3) is 3.15. The highest BCUT2D eigenvalue weighted by atomic mass is 19.4. The van der Waals surface area contributed by atoms with Crippen LogP contribution in [-0.2, 0) is 9.63 Å². The zero-order valence-corrected chi connectivity index (χ0v) is 7.38. The summed E-state index contributed by atoms with van der Waals surface area (Å²) >= 11 is 0. The molecule has 0 saturated carbocycles. The molecule has 1 aliphatic rings. The summed E-state index contributed by atoms with van der Waals surface area (Å²) in [6.45, 7) is 0.456. The van der Waals surface area contributed by atoms with Crippen LogP contribution in [0, 0.1) is 0 Å². The Morgan fingerprint density at radius 1 is 1.50 bits per heavy atom. The van der Waals surface area contributed by atoms with Gasteiger partial charge < -0.3 is 10.6 Å². The number of carbonyl (C=O) groups is 1. The van der Waals surface area contributed by atoms with E-state index in [0.717, 1.165) is 11.5 Å². The standard InChI is InChI=1S/C7H11F3N2O2/c8-7(9,10)6(13)14-12-3-1-2-5(11)4-12/h5H,1-4,11H2. The van der Waals surface area contributed by atoms with Gasteiger partial charge in [0.1, 0.15) is 0 Å². The molecule has 0 aromatic rings. The summed E-state index contributed by atoms with van der Waals surface area (Å²) in [5.74, 6) is -2.19. The molecule has 4 nitrogen and oxygen atoms in total. The fourth-order valence-electron chi connectivity index (χ4n) is 1.23. The Kier molecular flexibility index (Phi) is 3.33. The minimum absolute atomic E-state index is 0.155. The van der Waals surface area contributed by atoms with Gasteiger partial charge in [0.2, 0.25) is 0 Å². The second kappa shape index (κ2) is 4.14. The van der Waals surface area contributed by atoms with Gasteiger partial charge in [0.25, 0.3) is 0 Å². The van der Waals surface area contributed by atoms with E-state index in [2.05, 4.69) is 4.84 Å². The molecule has 1 heterocycles. The van der Waals surface area contributed by atoms with Crippen LogP contribution in [-0.4, -0.2) is 36.3 Å². The van der Waals surface area contributed by atoms with Gasteiger partial charge in [0.15, 0.2) is 0 Å². The van der Waals surface area contributed by atoms with Crippen molar-refractivity contribution in [3.63, 3.8) is 0 Å². The molecule has 1 atom stereocenters. The average Bonchev–Trinajstić information content (AvgIpc) is 2.02. The number of alkyl halides is 3. The predicted octanol–water partition coefficient (Wildman–Crippen LogP) is 0.430. The molecular formula is C7H11F3N2O2. The lowest BCUT2D eigenvalue weighted by Crippen LogP contribution is -2.45. The zero-order chi connectivity index (χ0) is 10.8. The van der Waals surface area contributed by atoms with Crippen LogP contribution < -0.4 is 5.73 Å². The summed E-state index contributed by atoms with van der Waals surface area (Å²) in [4.78, 5) is 14.5. The third-order valence-corrected chi connectivity index (χ3v) is 1.86. The van der Waals surface area contributed by atoms with Gasteiger partial charge in [-0.2, -0.15) is 13.2 Å². The normalized spacial score (nSPS) is 24.7. The molecule has 2 N–H and O–H groups in total. The molecule has 1 aliphatic heterocycles. The molecule has 1 unspecified atom stereocenters. The summed E-state index contributed by atoms with van der Waals surface area (Å²) in [7, 11) is 0. The second-order valence-corrected chi connectivity index (χ2v) is 3.17. The van der Waals surface area contributed by atoms with Gasteiger partial charge in [-0.3, -0.25) is 0 Å². The first-order valence-corrected chi connectivity index (χ1v) is 4.19. The summed E-state index contributed by atoms with van der Waals surface area (Å²) in [5, 5.41) is 0.962. The smallest absolute Gasteiger partial charge is 0.361 e. The van der Waals surface area contributed by atoms with Crippen molar-refractivity contribution >= 4 is 5.97 Å². The molecule has 0 aromatic heterocycles. The van der Waals surface area contributed by atoms with E-state index in [1.165, 1.54) is 0 Å². The fraction of sp³-hybridized carbons (Fsp3) is 0.857. The lowest BCUT2D eigenvalue weighted by molar-refractivity contribution is -0.241. The molecule has 14 heavy (non-hydrogen) atoms. The van der Waals surface area contributed by atoms with Crippen molar-refractivity contribution in [3.8, 4) is 0 Å². The first-order valence-electron chi connectivity index (χ1n) is 4.19. The lowest BCUT2D eigenvalue weighted by Gasteiger charge is -2.28. The zero-order valence-electron chi connectivity index (χ0n) is 7.38. The van der Waals surface area contributed by atoms with E-state index >= 15 is 0 Å². The van der Waals surface area contributed by atoms with Gasteiger partial charge in [-0.15, -0.1) is 5.06 Å². The maximum Gasteiger partial charge on any atom is 0.492 e. The van der Waals surface area contributed by atoms with E-state index < -0.39 is 12.1 Å². The largest absolute Gasteiger partial charge is 0.492 e. The number of piperidine rings is 1. The van der Waals surface area contributed by atoms with E-state index in [0.29, 0.717) is 13.0 Å². The summed E-state index contributed by atoms with van der Waals surface area (Å²) in [6.07, 6.45) is -3.58. The monoisotopic (exact) mass is 212 g/mol. The predicted molar refractivity (Wildman–Crippen MR) is 40.9 cm³/mol. The molecule has 0 aliphatic carbocycles. The maximum atomic E-state index is 11.8. The van der Waals surface area contributed by atoms with Crippen molar-refractivity contribution in [2.75, 3.05) is 13.1 Å². The Bertz CT molecular complexity index is 219. The lowest BCUT2D eigenvalue weighted by atomic mass is 10.1. The Labute approximate surface area is 78.7 Å². The second-order valence-electron chi connectivity index (χ2n) is 3.17. The van der Waals surface area contributed by atoms with Crippen molar-refractivity contribution in [1.29, 1.82) is 0 Å². The number of carbonyl (C=O) groups excluding carboxylic acids is 1. The molecule has 82 valence electrons. The number of hydrogen-bond donors (Lipinski definition) is 1. The molecule has 0 amide bonds. The first-order chi connectivity index (χ1) is 6.39. The molecule has 0 spiro atoms. The van der Waals surface area contributed by atoms with Crippen LogP contribution in [0.1, 0.15) is 12.8 Å².